The molecule has 5 nitrogen and oxygen atoms in total. The number of carbonyl (C=O) groups excluding carboxylic acids is 1. The van der Waals surface area contributed by atoms with Crippen LogP contribution in [0.25, 0.3) is 0 Å². The number of nitrogens with zero attached hydrogens (tertiary/aromatic N) is 3. The molecule has 3 aliphatic rings. The molecule has 0 radical (unpaired) electrons. The Labute approximate surface area is 197 Å². The summed E-state index contributed by atoms with van der Waals surface area (Å²) in [6.07, 6.45) is 4.17. The number of rotatable bonds is 5. The van der Waals surface area contributed by atoms with Crippen molar-refractivity contribution in [1.29, 1.82) is 0 Å². The molecule has 1 amide bonds. The molecule has 5 rings (SSSR count). The number of hydrogen-bond donors (Lipinski definition) is 0. The normalized spacial score (nSPS) is 22.1. The number of anilines is 1. The van der Waals surface area contributed by atoms with E-state index in [2.05, 4.69) is 47.9 Å². The van der Waals surface area contributed by atoms with Gasteiger partial charge in [0.25, 0.3) is 0 Å². The molecular weight excluding hydrogens is 410 g/mol. The van der Waals surface area contributed by atoms with E-state index in [4.69, 9.17) is 4.74 Å². The van der Waals surface area contributed by atoms with E-state index in [1.807, 2.05) is 35.2 Å². The van der Waals surface area contributed by atoms with Gasteiger partial charge in [-0.25, -0.2) is 4.79 Å². The van der Waals surface area contributed by atoms with Gasteiger partial charge in [0.2, 0.25) is 0 Å². The van der Waals surface area contributed by atoms with Gasteiger partial charge >= 0.3 is 6.09 Å². The van der Waals surface area contributed by atoms with E-state index >= 15 is 0 Å². The van der Waals surface area contributed by atoms with Crippen LogP contribution in [-0.2, 0) is 11.3 Å². The van der Waals surface area contributed by atoms with Crippen molar-refractivity contribution in [3.05, 3.63) is 76.9 Å². The summed E-state index contributed by atoms with van der Waals surface area (Å²) in [5, 5.41) is 0. The molecule has 2 atom stereocenters. The van der Waals surface area contributed by atoms with Crippen molar-refractivity contribution in [1.82, 2.24) is 9.80 Å². The fourth-order valence-corrected chi connectivity index (χ4v) is 5.48. The van der Waals surface area contributed by atoms with Crippen molar-refractivity contribution in [3.63, 3.8) is 0 Å². The lowest BCUT2D eigenvalue weighted by Gasteiger charge is -2.36. The van der Waals surface area contributed by atoms with E-state index < -0.39 is 0 Å². The number of ether oxygens (including phenoxy) is 1. The van der Waals surface area contributed by atoms with Crippen molar-refractivity contribution in [3.8, 4) is 0 Å². The monoisotopic (exact) mass is 445 g/mol. The van der Waals surface area contributed by atoms with Crippen LogP contribution in [-0.4, -0.2) is 55.2 Å². The standard InChI is InChI=1S/C28H35N3O2/c1-21(2)10-12-29-14-16-30(17-15-29)24-8-9-25-23-11-13-31(27(18-23)26(25)19-24)28(32)33-20-22-6-4-3-5-7-22/h3-10,19,23,27H,11-18,20H2,1-2H3/t23-,27-/m1/s1. The lowest BCUT2D eigenvalue weighted by Crippen LogP contribution is -2.46. The van der Waals surface area contributed by atoms with E-state index in [0.29, 0.717) is 12.5 Å². The fourth-order valence-electron chi connectivity index (χ4n) is 5.48. The second kappa shape index (κ2) is 9.60. The first-order valence-electron chi connectivity index (χ1n) is 12.3. The Balaban J connectivity index is 1.26. The van der Waals surface area contributed by atoms with Crippen molar-refractivity contribution in [2.24, 2.45) is 0 Å². The minimum absolute atomic E-state index is 0.140. The first kappa shape index (κ1) is 22.0. The smallest absolute Gasteiger partial charge is 0.410 e. The number of benzene rings is 2. The predicted octanol–water partition coefficient (Wildman–Crippen LogP) is 5.35. The number of likely N-dealkylation sites (tertiary alicyclic amines) is 1. The number of hydrogen-bond acceptors (Lipinski definition) is 4. The second-order valence-electron chi connectivity index (χ2n) is 9.85. The van der Waals surface area contributed by atoms with Gasteiger partial charge in [0, 0.05) is 45.0 Å². The average molecular weight is 446 g/mol. The zero-order valence-electron chi connectivity index (χ0n) is 19.9. The minimum atomic E-state index is -0.187. The van der Waals surface area contributed by atoms with E-state index in [0.717, 1.165) is 57.7 Å². The molecule has 2 aromatic rings. The molecule has 2 bridgehead atoms. The molecule has 0 aromatic heterocycles. The summed E-state index contributed by atoms with van der Waals surface area (Å²) in [6.45, 7) is 10.8. The quantitative estimate of drug-likeness (QED) is 0.582. The molecule has 2 aliphatic heterocycles. The highest BCUT2D eigenvalue weighted by molar-refractivity contribution is 5.70. The van der Waals surface area contributed by atoms with Crippen molar-refractivity contribution >= 4 is 11.8 Å². The molecule has 33 heavy (non-hydrogen) atoms. The van der Waals surface area contributed by atoms with Crippen LogP contribution in [0.5, 0.6) is 0 Å². The highest BCUT2D eigenvalue weighted by Crippen LogP contribution is 2.50. The molecule has 0 N–H and O–H groups in total. The number of allylic oxidation sites excluding steroid dienone is 1. The Morgan fingerprint density at radius 2 is 1.79 bits per heavy atom. The van der Waals surface area contributed by atoms with E-state index in [1.54, 1.807) is 0 Å². The van der Waals surface area contributed by atoms with Crippen LogP contribution in [0.15, 0.2) is 60.2 Å². The third-order valence-corrected chi connectivity index (χ3v) is 7.41. The maximum absolute atomic E-state index is 13.0. The fraction of sp³-hybridized carbons (Fsp3) is 0.464. The van der Waals surface area contributed by atoms with Crippen LogP contribution in [0.3, 0.4) is 0 Å². The van der Waals surface area contributed by atoms with Crippen molar-refractivity contribution < 1.29 is 9.53 Å². The third kappa shape index (κ3) is 4.79. The lowest BCUT2D eigenvalue weighted by molar-refractivity contribution is 0.0694. The summed E-state index contributed by atoms with van der Waals surface area (Å²) < 4.78 is 5.70. The zero-order valence-corrected chi connectivity index (χ0v) is 19.9. The average Bonchev–Trinajstić information content (AvgIpc) is 3.13. The summed E-state index contributed by atoms with van der Waals surface area (Å²) in [5.41, 5.74) is 6.47. The predicted molar refractivity (Wildman–Crippen MR) is 133 cm³/mol. The van der Waals surface area contributed by atoms with E-state index in [1.165, 1.54) is 22.4 Å². The minimum Gasteiger partial charge on any atom is -0.445 e. The van der Waals surface area contributed by atoms with E-state index in [9.17, 15) is 4.79 Å². The SMILES string of the molecule is CC(C)=CCN1CCN(c2ccc3c(c2)[C@H]2C[C@H]3CCN2C(=O)OCc2ccccc2)CC1. The van der Waals surface area contributed by atoms with E-state index in [-0.39, 0.29) is 12.1 Å². The van der Waals surface area contributed by atoms with Gasteiger partial charge in [-0.1, -0.05) is 48.0 Å². The van der Waals surface area contributed by atoms with Crippen LogP contribution in [0.4, 0.5) is 10.5 Å². The molecule has 2 heterocycles. The Morgan fingerprint density at radius 1 is 1.00 bits per heavy atom. The number of fused-ring (bicyclic) bond motifs is 5. The largest absolute Gasteiger partial charge is 0.445 e. The van der Waals surface area contributed by atoms with Crippen LogP contribution < -0.4 is 4.90 Å². The van der Waals surface area contributed by atoms with Gasteiger partial charge in [-0.2, -0.15) is 0 Å². The Hall–Kier alpha value is -2.79. The number of amides is 1. The van der Waals surface area contributed by atoms with Crippen molar-refractivity contribution in [2.75, 3.05) is 44.2 Å². The molecule has 0 spiro atoms. The summed E-state index contributed by atoms with van der Waals surface area (Å²) in [5.74, 6) is 0.568. The molecule has 0 saturated carbocycles. The maximum atomic E-state index is 13.0. The number of piperazine rings is 1. The molecule has 174 valence electrons. The molecule has 2 aromatic carbocycles. The molecule has 5 heteroatoms. The van der Waals surface area contributed by atoms with Crippen LogP contribution in [0, 0.1) is 0 Å². The van der Waals surface area contributed by atoms with Crippen molar-refractivity contribution in [2.45, 2.75) is 45.3 Å². The Bertz CT molecular complexity index is 1010. The summed E-state index contributed by atoms with van der Waals surface area (Å²) in [7, 11) is 0. The highest BCUT2D eigenvalue weighted by Gasteiger charge is 2.41. The first-order valence-corrected chi connectivity index (χ1v) is 12.3. The lowest BCUT2D eigenvalue weighted by atomic mass is 9.96. The number of piperidine rings is 1. The molecular formula is C28H35N3O2. The Kier molecular flexibility index (Phi) is 6.41. The third-order valence-electron chi connectivity index (χ3n) is 7.41. The van der Waals surface area contributed by atoms with Gasteiger partial charge in [-0.15, -0.1) is 0 Å². The topological polar surface area (TPSA) is 36.0 Å². The van der Waals surface area contributed by atoms with Crippen LogP contribution >= 0.6 is 0 Å². The summed E-state index contributed by atoms with van der Waals surface area (Å²) >= 11 is 0. The highest BCUT2D eigenvalue weighted by atomic mass is 16.6. The van der Waals surface area contributed by atoms with Gasteiger partial charge in [0.1, 0.15) is 6.61 Å². The first-order chi connectivity index (χ1) is 16.1. The molecule has 0 unspecified atom stereocenters. The maximum Gasteiger partial charge on any atom is 0.410 e. The van der Waals surface area contributed by atoms with Crippen LogP contribution in [0.1, 0.15) is 55.3 Å². The van der Waals surface area contributed by atoms with Crippen LogP contribution in [0.2, 0.25) is 0 Å². The summed E-state index contributed by atoms with van der Waals surface area (Å²) in [6, 6.07) is 17.0. The van der Waals surface area contributed by atoms with Gasteiger partial charge in [0.05, 0.1) is 6.04 Å². The number of carbonyl (C=O) groups is 1. The van der Waals surface area contributed by atoms with Gasteiger partial charge in [-0.05, 0) is 61.4 Å². The van der Waals surface area contributed by atoms with Gasteiger partial charge < -0.3 is 14.5 Å². The van der Waals surface area contributed by atoms with Gasteiger partial charge in [-0.3, -0.25) is 4.90 Å². The Morgan fingerprint density at radius 3 is 2.55 bits per heavy atom. The molecule has 2 fully saturated rings. The summed E-state index contributed by atoms with van der Waals surface area (Å²) in [4.78, 5) is 20.0. The molecule has 2 saturated heterocycles. The molecule has 1 aliphatic carbocycles. The van der Waals surface area contributed by atoms with Gasteiger partial charge in [0.15, 0.2) is 0 Å². The zero-order chi connectivity index (χ0) is 22.8. The second-order valence-corrected chi connectivity index (χ2v) is 9.85.